The zero-order chi connectivity index (χ0) is 24.7. The molecule has 0 saturated carbocycles. The molecule has 0 spiro atoms. The van der Waals surface area contributed by atoms with Gasteiger partial charge >= 0.3 is 0 Å². The topological polar surface area (TPSA) is 41.1 Å². The maximum absolute atomic E-state index is 11.2. The van der Waals surface area contributed by atoms with Gasteiger partial charge in [0, 0.05) is 13.3 Å². The van der Waals surface area contributed by atoms with Gasteiger partial charge in [-0.2, -0.15) is 0 Å². The SMILES string of the molecule is CCCCCCCCCCCC/C=C/CCCCCCCC1NC=C[N+]1(CC)CCNC(C)=O. The molecule has 2 N–H and O–H groups in total. The summed E-state index contributed by atoms with van der Waals surface area (Å²) in [5.41, 5.74) is 0. The first-order valence-corrected chi connectivity index (χ1v) is 14.8. The molecule has 0 radical (unpaired) electrons. The number of allylic oxidation sites excluding steroid dienone is 2. The average molecular weight is 477 g/mol. The third kappa shape index (κ3) is 14.9. The van der Waals surface area contributed by atoms with Crippen molar-refractivity contribution < 1.29 is 9.28 Å². The number of nitrogens with one attached hydrogen (secondary N) is 2. The highest BCUT2D eigenvalue weighted by Gasteiger charge is 2.36. The Bertz CT molecular complexity index is 545. The molecule has 2 unspecified atom stereocenters. The van der Waals surface area contributed by atoms with Crippen LogP contribution in [0.15, 0.2) is 24.6 Å². The van der Waals surface area contributed by atoms with E-state index in [9.17, 15) is 4.79 Å². The van der Waals surface area contributed by atoms with Gasteiger partial charge < -0.3 is 10.6 Å². The zero-order valence-electron chi connectivity index (χ0n) is 23.1. The monoisotopic (exact) mass is 476 g/mol. The van der Waals surface area contributed by atoms with Crippen molar-refractivity contribution in [3.63, 3.8) is 0 Å². The van der Waals surface area contributed by atoms with Gasteiger partial charge in [0.15, 0.2) is 6.17 Å². The zero-order valence-corrected chi connectivity index (χ0v) is 23.1. The van der Waals surface area contributed by atoms with E-state index in [1.807, 2.05) is 0 Å². The summed E-state index contributed by atoms with van der Waals surface area (Å²) in [5.74, 6) is 0.0654. The molecule has 4 nitrogen and oxygen atoms in total. The third-order valence-corrected chi connectivity index (χ3v) is 7.51. The number of amides is 1. The first kappa shape index (κ1) is 30.7. The molecule has 4 heteroatoms. The van der Waals surface area contributed by atoms with E-state index in [1.54, 1.807) is 6.92 Å². The number of unbranched alkanes of at least 4 members (excludes halogenated alkanes) is 15. The molecule has 1 amide bonds. The maximum atomic E-state index is 11.2. The first-order chi connectivity index (χ1) is 16.6. The number of likely N-dealkylation sites (N-methyl/N-ethyl adjacent to an activating group) is 1. The second-order valence-corrected chi connectivity index (χ2v) is 10.4. The third-order valence-electron chi connectivity index (χ3n) is 7.51. The van der Waals surface area contributed by atoms with Crippen molar-refractivity contribution in [3.05, 3.63) is 24.6 Å². The molecule has 0 aromatic rings. The number of carbonyl (C=O) groups is 1. The predicted molar refractivity (Wildman–Crippen MR) is 148 cm³/mol. The Hall–Kier alpha value is -1.29. The Morgan fingerprint density at radius 2 is 1.35 bits per heavy atom. The van der Waals surface area contributed by atoms with Crippen LogP contribution in [0.25, 0.3) is 0 Å². The summed E-state index contributed by atoms with van der Waals surface area (Å²) in [7, 11) is 0. The minimum Gasteiger partial charge on any atom is -0.351 e. The Kier molecular flexibility index (Phi) is 19.0. The van der Waals surface area contributed by atoms with Gasteiger partial charge in [0.25, 0.3) is 0 Å². The van der Waals surface area contributed by atoms with E-state index < -0.39 is 0 Å². The lowest BCUT2D eigenvalue weighted by Gasteiger charge is -2.37. The normalized spacial score (nSPS) is 19.7. The molecular weight excluding hydrogens is 418 g/mol. The van der Waals surface area contributed by atoms with E-state index in [0.29, 0.717) is 6.17 Å². The summed E-state index contributed by atoms with van der Waals surface area (Å²) in [5, 5.41) is 6.52. The second kappa shape index (κ2) is 21.0. The number of rotatable bonds is 23. The van der Waals surface area contributed by atoms with Crippen LogP contribution in [0.4, 0.5) is 0 Å². The molecule has 0 bridgehead atoms. The fraction of sp³-hybridized carbons (Fsp3) is 0.833. The molecule has 1 aliphatic rings. The molecule has 34 heavy (non-hydrogen) atoms. The minimum atomic E-state index is 0.0654. The lowest BCUT2D eigenvalue weighted by molar-refractivity contribution is -0.898. The van der Waals surface area contributed by atoms with Crippen LogP contribution in [0.2, 0.25) is 0 Å². The van der Waals surface area contributed by atoms with Crippen LogP contribution in [0.1, 0.15) is 136 Å². The number of nitrogens with zero attached hydrogens (tertiary/aromatic N) is 1. The van der Waals surface area contributed by atoms with Crippen LogP contribution in [-0.4, -0.2) is 36.2 Å². The van der Waals surface area contributed by atoms with E-state index in [-0.39, 0.29) is 5.91 Å². The molecule has 0 aliphatic carbocycles. The van der Waals surface area contributed by atoms with Gasteiger partial charge in [-0.25, -0.2) is 0 Å². The quantitative estimate of drug-likeness (QED) is 0.0892. The van der Waals surface area contributed by atoms with Crippen molar-refractivity contribution >= 4 is 5.91 Å². The van der Waals surface area contributed by atoms with Gasteiger partial charge in [0.1, 0.15) is 12.7 Å². The smallest absolute Gasteiger partial charge is 0.217 e. The first-order valence-electron chi connectivity index (χ1n) is 14.8. The Balaban J connectivity index is 1.92. The molecule has 2 atom stereocenters. The number of hydrogen-bond donors (Lipinski definition) is 2. The van der Waals surface area contributed by atoms with Crippen LogP contribution in [0, 0.1) is 0 Å². The van der Waals surface area contributed by atoms with Crippen LogP contribution in [0.5, 0.6) is 0 Å². The van der Waals surface area contributed by atoms with Crippen LogP contribution in [-0.2, 0) is 4.79 Å². The van der Waals surface area contributed by atoms with Gasteiger partial charge in [-0.3, -0.25) is 9.28 Å². The molecule has 0 aromatic heterocycles. The molecule has 198 valence electrons. The fourth-order valence-electron chi connectivity index (χ4n) is 5.17. The van der Waals surface area contributed by atoms with Crippen molar-refractivity contribution in [1.82, 2.24) is 10.6 Å². The van der Waals surface area contributed by atoms with E-state index in [2.05, 4.69) is 49.0 Å². The largest absolute Gasteiger partial charge is 0.351 e. The van der Waals surface area contributed by atoms with E-state index in [4.69, 9.17) is 0 Å². The number of hydrogen-bond acceptors (Lipinski definition) is 2. The lowest BCUT2D eigenvalue weighted by Crippen LogP contribution is -2.55. The Labute approximate surface area is 212 Å². The summed E-state index contributed by atoms with van der Waals surface area (Å²) in [6, 6.07) is 0. The van der Waals surface area contributed by atoms with Gasteiger partial charge in [0.2, 0.25) is 5.91 Å². The number of carbonyl (C=O) groups excluding carboxylic acids is 1. The molecule has 1 heterocycles. The highest BCUT2D eigenvalue weighted by Crippen LogP contribution is 2.23. The molecular formula is C30H58N3O+. The van der Waals surface area contributed by atoms with E-state index in [1.165, 1.54) is 116 Å². The van der Waals surface area contributed by atoms with Crippen molar-refractivity contribution in [1.29, 1.82) is 0 Å². The summed E-state index contributed by atoms with van der Waals surface area (Å²) in [4.78, 5) is 11.2. The summed E-state index contributed by atoms with van der Waals surface area (Å²) < 4.78 is 0.949. The molecule has 0 aromatic carbocycles. The maximum Gasteiger partial charge on any atom is 0.217 e. The average Bonchev–Trinajstić information content (AvgIpc) is 3.23. The summed E-state index contributed by atoms with van der Waals surface area (Å²) >= 11 is 0. The summed E-state index contributed by atoms with van der Waals surface area (Å²) in [6.07, 6.45) is 34.3. The Morgan fingerprint density at radius 1 is 0.824 bits per heavy atom. The van der Waals surface area contributed by atoms with Gasteiger partial charge in [-0.1, -0.05) is 96.1 Å². The van der Waals surface area contributed by atoms with Crippen molar-refractivity contribution in [2.24, 2.45) is 0 Å². The van der Waals surface area contributed by atoms with Crippen molar-refractivity contribution in [2.45, 2.75) is 143 Å². The van der Waals surface area contributed by atoms with Crippen LogP contribution < -0.4 is 10.6 Å². The van der Waals surface area contributed by atoms with Gasteiger partial charge in [0.05, 0.1) is 19.3 Å². The van der Waals surface area contributed by atoms with Gasteiger partial charge in [-0.15, -0.1) is 0 Å². The summed E-state index contributed by atoms with van der Waals surface area (Å²) in [6.45, 7) is 8.93. The highest BCUT2D eigenvalue weighted by molar-refractivity contribution is 5.72. The molecule has 1 rings (SSSR count). The van der Waals surface area contributed by atoms with Gasteiger partial charge in [-0.05, 0) is 39.0 Å². The standard InChI is InChI=1S/C30H57N3O/c1-4-6-7-8-9-10-11-12-13-14-15-16-17-18-19-20-21-22-23-24-30-32-26-28-33(30,5-2)27-25-31-29(3)34/h16-17,26,28,30,32H,4-15,18-25,27H2,1-3H3/p+1/b17-16+. The fourth-order valence-corrected chi connectivity index (χ4v) is 5.17. The number of quaternary nitrogens is 1. The van der Waals surface area contributed by atoms with E-state index >= 15 is 0 Å². The van der Waals surface area contributed by atoms with Crippen LogP contribution >= 0.6 is 0 Å². The highest BCUT2D eigenvalue weighted by atomic mass is 16.1. The molecule has 0 saturated heterocycles. The Morgan fingerprint density at radius 3 is 1.88 bits per heavy atom. The van der Waals surface area contributed by atoms with Crippen LogP contribution in [0.3, 0.4) is 0 Å². The van der Waals surface area contributed by atoms with E-state index in [0.717, 1.165) is 24.1 Å². The molecule has 1 aliphatic heterocycles. The molecule has 0 fully saturated rings. The van der Waals surface area contributed by atoms with Crippen molar-refractivity contribution in [2.75, 3.05) is 19.6 Å². The second-order valence-electron chi connectivity index (χ2n) is 10.4. The predicted octanol–water partition coefficient (Wildman–Crippen LogP) is 7.96. The minimum absolute atomic E-state index is 0.0654. The van der Waals surface area contributed by atoms with Crippen molar-refractivity contribution in [3.8, 4) is 0 Å². The lowest BCUT2D eigenvalue weighted by atomic mass is 10.1.